The van der Waals surface area contributed by atoms with Crippen molar-refractivity contribution < 1.29 is 24.3 Å². The van der Waals surface area contributed by atoms with Crippen molar-refractivity contribution in [3.8, 4) is 0 Å². The highest BCUT2D eigenvalue weighted by Crippen LogP contribution is 2.01. The highest BCUT2D eigenvalue weighted by Gasteiger charge is 2.27. The molecule has 15 heteroatoms. The number of aromatic nitrogens is 2. The Bertz CT molecular complexity index is 829. The van der Waals surface area contributed by atoms with Crippen LogP contribution in [0.2, 0.25) is 0 Å². The largest absolute Gasteiger partial charge is 0.480 e. The van der Waals surface area contributed by atoms with Crippen molar-refractivity contribution in [3.05, 3.63) is 18.2 Å². The predicted molar refractivity (Wildman–Crippen MR) is 123 cm³/mol. The minimum absolute atomic E-state index is 0.0504. The van der Waals surface area contributed by atoms with Crippen LogP contribution in [0.3, 0.4) is 0 Å². The Morgan fingerprint density at radius 2 is 1.82 bits per heavy atom. The minimum Gasteiger partial charge on any atom is -0.480 e. The SMILES string of the molecule is CC(NC(=O)C(CS)NC(=O)C(N)Cc1cnc[nH]1)C(=O)NC(CCCN=C(N)N)C(=O)O. The fourth-order valence-corrected chi connectivity index (χ4v) is 2.89. The van der Waals surface area contributed by atoms with E-state index in [0.29, 0.717) is 12.1 Å². The van der Waals surface area contributed by atoms with Crippen molar-refractivity contribution in [1.82, 2.24) is 25.9 Å². The van der Waals surface area contributed by atoms with Gasteiger partial charge in [-0.1, -0.05) is 0 Å². The molecule has 11 N–H and O–H groups in total. The maximum atomic E-state index is 12.5. The summed E-state index contributed by atoms with van der Waals surface area (Å²) < 4.78 is 0. The number of nitrogens with two attached hydrogens (primary N) is 3. The predicted octanol–water partition coefficient (Wildman–Crippen LogP) is -3.18. The van der Waals surface area contributed by atoms with Gasteiger partial charge in [0.1, 0.15) is 18.1 Å². The summed E-state index contributed by atoms with van der Waals surface area (Å²) in [5, 5.41) is 16.6. The molecule has 0 aliphatic heterocycles. The van der Waals surface area contributed by atoms with E-state index >= 15 is 0 Å². The monoisotopic (exact) mass is 485 g/mol. The van der Waals surface area contributed by atoms with Crippen LogP contribution in [0, 0.1) is 0 Å². The number of nitrogens with zero attached hydrogens (tertiary/aromatic N) is 2. The number of aliphatic carboxylic acids is 1. The second kappa shape index (κ2) is 13.9. The Balaban J connectivity index is 2.57. The molecule has 0 spiro atoms. The molecule has 0 aliphatic carbocycles. The van der Waals surface area contributed by atoms with E-state index in [-0.39, 0.29) is 31.1 Å². The number of H-pyrrole nitrogens is 1. The van der Waals surface area contributed by atoms with Gasteiger partial charge in [-0.15, -0.1) is 0 Å². The quantitative estimate of drug-likeness (QED) is 0.0557. The molecular weight excluding hydrogens is 454 g/mol. The average molecular weight is 486 g/mol. The van der Waals surface area contributed by atoms with Crippen LogP contribution < -0.4 is 33.2 Å². The normalized spacial score (nSPS) is 14.3. The van der Waals surface area contributed by atoms with Gasteiger partial charge in [0.15, 0.2) is 5.96 Å². The molecule has 3 amide bonds. The lowest BCUT2D eigenvalue weighted by atomic mass is 10.1. The molecule has 0 bridgehead atoms. The van der Waals surface area contributed by atoms with Gasteiger partial charge in [-0.2, -0.15) is 12.6 Å². The van der Waals surface area contributed by atoms with Gasteiger partial charge in [0, 0.05) is 30.6 Å². The Morgan fingerprint density at radius 1 is 1.15 bits per heavy atom. The highest BCUT2D eigenvalue weighted by atomic mass is 32.1. The Hall–Kier alpha value is -3.33. The van der Waals surface area contributed by atoms with E-state index in [9.17, 15) is 24.3 Å². The average Bonchev–Trinajstić information content (AvgIpc) is 3.26. The second-order valence-electron chi connectivity index (χ2n) is 7.21. The molecule has 0 saturated heterocycles. The van der Waals surface area contributed by atoms with E-state index in [1.165, 1.54) is 19.4 Å². The van der Waals surface area contributed by atoms with Crippen LogP contribution in [0.1, 0.15) is 25.5 Å². The fourth-order valence-electron chi connectivity index (χ4n) is 2.64. The van der Waals surface area contributed by atoms with Crippen molar-refractivity contribution in [3.63, 3.8) is 0 Å². The molecule has 0 radical (unpaired) electrons. The lowest BCUT2D eigenvalue weighted by Gasteiger charge is -2.22. The van der Waals surface area contributed by atoms with Crippen molar-refractivity contribution in [2.24, 2.45) is 22.2 Å². The van der Waals surface area contributed by atoms with Gasteiger partial charge in [0.25, 0.3) is 0 Å². The van der Waals surface area contributed by atoms with Crippen LogP contribution in [-0.2, 0) is 25.6 Å². The van der Waals surface area contributed by atoms with Gasteiger partial charge in [-0.05, 0) is 19.8 Å². The van der Waals surface area contributed by atoms with E-state index in [2.05, 4.69) is 43.5 Å². The molecule has 0 aliphatic rings. The molecule has 0 aromatic carbocycles. The van der Waals surface area contributed by atoms with E-state index in [1.807, 2.05) is 0 Å². The summed E-state index contributed by atoms with van der Waals surface area (Å²) in [7, 11) is 0. The van der Waals surface area contributed by atoms with E-state index in [1.54, 1.807) is 0 Å². The lowest BCUT2D eigenvalue weighted by molar-refractivity contribution is -0.142. The first-order chi connectivity index (χ1) is 15.5. The molecule has 4 atom stereocenters. The number of thiol groups is 1. The zero-order valence-corrected chi connectivity index (χ0v) is 19.0. The summed E-state index contributed by atoms with van der Waals surface area (Å²) in [5.74, 6) is -3.37. The molecule has 4 unspecified atom stereocenters. The van der Waals surface area contributed by atoms with Crippen molar-refractivity contribution in [1.29, 1.82) is 0 Å². The van der Waals surface area contributed by atoms with Crippen LogP contribution in [0.15, 0.2) is 17.5 Å². The van der Waals surface area contributed by atoms with Crippen LogP contribution >= 0.6 is 12.6 Å². The number of imidazole rings is 1. The maximum absolute atomic E-state index is 12.5. The topological polar surface area (TPSA) is 244 Å². The molecule has 1 aromatic rings. The van der Waals surface area contributed by atoms with Gasteiger partial charge in [-0.3, -0.25) is 19.4 Å². The molecule has 0 fully saturated rings. The zero-order valence-electron chi connectivity index (χ0n) is 18.2. The number of carboxylic acids is 1. The number of aliphatic imine (C=N–C) groups is 1. The van der Waals surface area contributed by atoms with E-state index in [4.69, 9.17) is 17.2 Å². The van der Waals surface area contributed by atoms with Gasteiger partial charge in [0.05, 0.1) is 12.4 Å². The van der Waals surface area contributed by atoms with Gasteiger partial charge in [0.2, 0.25) is 17.7 Å². The number of rotatable bonds is 14. The summed E-state index contributed by atoms with van der Waals surface area (Å²) in [6.45, 7) is 1.59. The number of hydrogen-bond acceptors (Lipinski definition) is 8. The molecule has 1 aromatic heterocycles. The van der Waals surface area contributed by atoms with Crippen LogP contribution in [0.4, 0.5) is 0 Å². The van der Waals surface area contributed by atoms with Crippen molar-refractivity contribution >= 4 is 42.3 Å². The molecule has 0 saturated carbocycles. The number of guanidine groups is 1. The molecular formula is C18H31N9O5S. The molecule has 14 nitrogen and oxygen atoms in total. The first kappa shape index (κ1) is 27.7. The zero-order chi connectivity index (χ0) is 25.0. The fraction of sp³-hybridized carbons (Fsp3) is 0.556. The molecule has 184 valence electrons. The summed E-state index contributed by atoms with van der Waals surface area (Å²) in [5.41, 5.74) is 16.9. The first-order valence-electron chi connectivity index (χ1n) is 10.1. The summed E-state index contributed by atoms with van der Waals surface area (Å²) in [4.78, 5) is 59.0. The summed E-state index contributed by atoms with van der Waals surface area (Å²) >= 11 is 4.07. The minimum atomic E-state index is -1.24. The summed E-state index contributed by atoms with van der Waals surface area (Å²) in [6, 6.07) is -4.25. The third-order valence-electron chi connectivity index (χ3n) is 4.46. The first-order valence-corrected chi connectivity index (χ1v) is 10.7. The number of carboxylic acid groups (broad SMARTS) is 1. The molecule has 33 heavy (non-hydrogen) atoms. The Morgan fingerprint density at radius 3 is 2.36 bits per heavy atom. The van der Waals surface area contributed by atoms with Crippen LogP contribution in [0.25, 0.3) is 0 Å². The number of aromatic amines is 1. The third-order valence-corrected chi connectivity index (χ3v) is 4.82. The number of carbonyl (C=O) groups is 4. The number of hydrogen-bond donors (Lipinski definition) is 9. The standard InChI is InChI=1S/C18H31N9O5S/c1-9(14(28)26-12(17(31)32)3-2-4-23-18(20)21)25-16(30)13(7-33)27-15(29)11(19)5-10-6-22-8-24-10/h6,8-9,11-13,33H,2-5,7,19H2,1H3,(H,22,24)(H,25,30)(H,26,28)(H,27,29)(H,31,32)(H4,20,21,23). The Kier molecular flexibility index (Phi) is 11.7. The molecule has 1 rings (SSSR count). The summed E-state index contributed by atoms with van der Waals surface area (Å²) in [6.07, 6.45) is 3.58. The number of carbonyl (C=O) groups excluding carboxylic acids is 3. The van der Waals surface area contributed by atoms with Crippen molar-refractivity contribution in [2.75, 3.05) is 12.3 Å². The second-order valence-corrected chi connectivity index (χ2v) is 7.57. The maximum Gasteiger partial charge on any atom is 0.326 e. The van der Waals surface area contributed by atoms with Crippen molar-refractivity contribution in [2.45, 2.75) is 50.4 Å². The number of amides is 3. The number of nitrogens with one attached hydrogen (secondary N) is 4. The smallest absolute Gasteiger partial charge is 0.326 e. The van der Waals surface area contributed by atoms with Gasteiger partial charge < -0.3 is 43.2 Å². The highest BCUT2D eigenvalue weighted by molar-refractivity contribution is 7.80. The van der Waals surface area contributed by atoms with Crippen LogP contribution in [0.5, 0.6) is 0 Å². The molecule has 1 heterocycles. The third kappa shape index (κ3) is 10.2. The van der Waals surface area contributed by atoms with E-state index in [0.717, 1.165) is 0 Å². The van der Waals surface area contributed by atoms with Crippen LogP contribution in [-0.4, -0.2) is 81.2 Å². The van der Waals surface area contributed by atoms with E-state index < -0.39 is 47.9 Å². The van der Waals surface area contributed by atoms with Gasteiger partial charge in [-0.25, -0.2) is 9.78 Å². The lowest BCUT2D eigenvalue weighted by Crippen LogP contribution is -2.57. The van der Waals surface area contributed by atoms with Gasteiger partial charge >= 0.3 is 5.97 Å². The Labute approximate surface area is 195 Å².